The average Bonchev–Trinajstić information content (AvgIpc) is 2.79. The molecule has 8 heteroatoms. The van der Waals surface area contributed by atoms with Crippen LogP contribution in [0.3, 0.4) is 0 Å². The van der Waals surface area contributed by atoms with Crippen LogP contribution in [0.25, 0.3) is 11.1 Å². The quantitative estimate of drug-likeness (QED) is 0.422. The maximum Gasteiger partial charge on any atom is 0.354 e. The molecule has 1 heterocycles. The lowest BCUT2D eigenvalue weighted by molar-refractivity contribution is 0.260. The van der Waals surface area contributed by atoms with Crippen LogP contribution >= 0.6 is 0 Å². The van der Waals surface area contributed by atoms with Gasteiger partial charge in [0.05, 0.1) is 4.90 Å². The van der Waals surface area contributed by atoms with Crippen molar-refractivity contribution in [2.75, 3.05) is 19.4 Å². The number of hydrogen-bond acceptors (Lipinski definition) is 4. The zero-order valence-electron chi connectivity index (χ0n) is 21.3. The first-order valence-corrected chi connectivity index (χ1v) is 13.2. The molecule has 0 spiro atoms. The Balaban J connectivity index is 1.98. The summed E-state index contributed by atoms with van der Waals surface area (Å²) in [4.78, 5) is 19.5. The summed E-state index contributed by atoms with van der Waals surface area (Å²) in [7, 11) is 0.543. The van der Waals surface area contributed by atoms with E-state index < -0.39 is 15.9 Å². The van der Waals surface area contributed by atoms with E-state index in [9.17, 15) is 9.00 Å². The number of nitrogens with one attached hydrogen (secondary N) is 1. The molecular formula is C27H35N5O2S. The largest absolute Gasteiger partial charge is 0.354 e. The Morgan fingerprint density at radius 3 is 2.11 bits per heavy atom. The fourth-order valence-corrected chi connectivity index (χ4v) is 4.83. The Morgan fingerprint density at radius 2 is 1.63 bits per heavy atom. The molecule has 0 aliphatic rings. The SMILES string of the molecule is CC(C)c1cc(-c2cccnc2)cc(C(C)C)c1NC(=O)N=S(N)(=O)c1ccc(CN(C)C)cc1. The lowest BCUT2D eigenvalue weighted by Gasteiger charge is -2.21. The van der Waals surface area contributed by atoms with E-state index in [0.717, 1.165) is 34.4 Å². The number of anilines is 1. The van der Waals surface area contributed by atoms with Gasteiger partial charge in [-0.05, 0) is 78.5 Å². The Bertz CT molecular complexity index is 1260. The first kappa shape index (κ1) is 26.5. The number of rotatable bonds is 7. The molecule has 2 amide bonds. The summed E-state index contributed by atoms with van der Waals surface area (Å²) in [6.45, 7) is 9.02. The van der Waals surface area contributed by atoms with Crippen molar-refractivity contribution in [2.45, 2.75) is 51.0 Å². The molecule has 7 nitrogen and oxygen atoms in total. The highest BCUT2D eigenvalue weighted by atomic mass is 32.2. The molecule has 0 fully saturated rings. The third-order valence-corrected chi connectivity index (χ3v) is 7.03. The smallest absolute Gasteiger partial charge is 0.305 e. The van der Waals surface area contributed by atoms with Crippen LogP contribution < -0.4 is 10.5 Å². The molecule has 2 aromatic carbocycles. The Morgan fingerprint density at radius 1 is 1.03 bits per heavy atom. The van der Waals surface area contributed by atoms with Crippen molar-refractivity contribution < 1.29 is 9.00 Å². The first-order chi connectivity index (χ1) is 16.5. The van der Waals surface area contributed by atoms with Crippen molar-refractivity contribution in [1.82, 2.24) is 9.88 Å². The first-order valence-electron chi connectivity index (χ1n) is 11.7. The Labute approximate surface area is 209 Å². The van der Waals surface area contributed by atoms with Gasteiger partial charge in [-0.3, -0.25) is 4.98 Å². The summed E-state index contributed by atoms with van der Waals surface area (Å²) in [5.74, 6) is 0.261. The molecule has 1 aromatic heterocycles. The van der Waals surface area contributed by atoms with Gasteiger partial charge in [-0.15, -0.1) is 4.36 Å². The van der Waals surface area contributed by atoms with Crippen molar-refractivity contribution in [1.29, 1.82) is 0 Å². The van der Waals surface area contributed by atoms with E-state index in [4.69, 9.17) is 5.14 Å². The maximum atomic E-state index is 13.1. The minimum absolute atomic E-state index is 0.130. The second kappa shape index (κ2) is 11.1. The summed E-state index contributed by atoms with van der Waals surface area (Å²) in [5, 5.41) is 8.92. The van der Waals surface area contributed by atoms with Gasteiger partial charge in [0.1, 0.15) is 9.92 Å². The number of carbonyl (C=O) groups is 1. The van der Waals surface area contributed by atoms with E-state index >= 15 is 0 Å². The average molecular weight is 494 g/mol. The molecule has 0 saturated carbocycles. The summed E-state index contributed by atoms with van der Waals surface area (Å²) in [5.41, 5.74) is 5.70. The maximum absolute atomic E-state index is 13.1. The Hall–Kier alpha value is -3.07. The molecule has 0 radical (unpaired) electrons. The van der Waals surface area contributed by atoms with Gasteiger partial charge in [0.25, 0.3) is 0 Å². The number of nitrogens with two attached hydrogens (primary N) is 1. The molecule has 1 atom stereocenters. The second-order valence-corrected chi connectivity index (χ2v) is 11.3. The van der Waals surface area contributed by atoms with Gasteiger partial charge < -0.3 is 10.2 Å². The number of nitrogens with zero attached hydrogens (tertiary/aromatic N) is 3. The molecule has 186 valence electrons. The van der Waals surface area contributed by atoms with Crippen molar-refractivity contribution in [3.8, 4) is 11.1 Å². The van der Waals surface area contributed by atoms with Gasteiger partial charge in [-0.1, -0.05) is 45.9 Å². The van der Waals surface area contributed by atoms with E-state index in [1.807, 2.05) is 49.5 Å². The number of aromatic nitrogens is 1. The van der Waals surface area contributed by atoms with Crippen molar-refractivity contribution >= 4 is 21.6 Å². The van der Waals surface area contributed by atoms with Crippen LogP contribution in [0.5, 0.6) is 0 Å². The number of urea groups is 1. The van der Waals surface area contributed by atoms with Gasteiger partial charge >= 0.3 is 6.03 Å². The minimum atomic E-state index is -3.40. The number of carbonyl (C=O) groups excluding carboxylic acids is 1. The zero-order valence-corrected chi connectivity index (χ0v) is 22.1. The predicted octanol–water partition coefficient (Wildman–Crippen LogP) is 5.99. The van der Waals surface area contributed by atoms with Crippen molar-refractivity contribution in [3.63, 3.8) is 0 Å². The van der Waals surface area contributed by atoms with E-state index in [2.05, 4.69) is 54.5 Å². The minimum Gasteiger partial charge on any atom is -0.305 e. The topological polar surface area (TPSA) is 101 Å². The fourth-order valence-electron chi connectivity index (χ4n) is 3.90. The van der Waals surface area contributed by atoms with Gasteiger partial charge in [-0.2, -0.15) is 0 Å². The van der Waals surface area contributed by atoms with Crippen LogP contribution in [-0.2, 0) is 16.5 Å². The lowest BCUT2D eigenvalue weighted by Crippen LogP contribution is -2.19. The van der Waals surface area contributed by atoms with E-state index in [1.54, 1.807) is 18.3 Å². The van der Waals surface area contributed by atoms with Gasteiger partial charge in [-0.25, -0.2) is 14.1 Å². The third-order valence-electron chi connectivity index (χ3n) is 5.65. The molecule has 3 N–H and O–H groups in total. The molecule has 0 bridgehead atoms. The molecule has 0 aliphatic heterocycles. The number of amides is 2. The van der Waals surface area contributed by atoms with Crippen LogP contribution in [0.4, 0.5) is 10.5 Å². The summed E-state index contributed by atoms with van der Waals surface area (Å²) in [6, 6.07) is 14.3. The van der Waals surface area contributed by atoms with Gasteiger partial charge in [0, 0.05) is 30.2 Å². The molecule has 35 heavy (non-hydrogen) atoms. The molecular weight excluding hydrogens is 458 g/mol. The zero-order chi connectivity index (χ0) is 25.8. The highest BCUT2D eigenvalue weighted by Gasteiger charge is 2.20. The van der Waals surface area contributed by atoms with Crippen molar-refractivity contribution in [3.05, 3.63) is 77.6 Å². The van der Waals surface area contributed by atoms with Crippen LogP contribution in [-0.4, -0.2) is 34.2 Å². The van der Waals surface area contributed by atoms with E-state index in [0.29, 0.717) is 10.6 Å². The molecule has 3 aromatic rings. The normalized spacial score (nSPS) is 13.2. The lowest BCUT2D eigenvalue weighted by atomic mass is 9.88. The second-order valence-electron chi connectivity index (χ2n) is 9.55. The molecule has 0 saturated heterocycles. The number of pyridine rings is 1. The highest BCUT2D eigenvalue weighted by molar-refractivity contribution is 7.91. The van der Waals surface area contributed by atoms with Gasteiger partial charge in [0.15, 0.2) is 0 Å². The molecule has 3 rings (SSSR count). The van der Waals surface area contributed by atoms with Crippen LogP contribution in [0.15, 0.2) is 70.2 Å². The summed E-state index contributed by atoms with van der Waals surface area (Å²) in [6.07, 6.45) is 3.57. The van der Waals surface area contributed by atoms with Crippen LogP contribution in [0, 0.1) is 0 Å². The Kier molecular flexibility index (Phi) is 8.43. The highest BCUT2D eigenvalue weighted by Crippen LogP contribution is 2.37. The summed E-state index contributed by atoms with van der Waals surface area (Å²) < 4.78 is 17.0. The number of hydrogen-bond donors (Lipinski definition) is 2. The third kappa shape index (κ3) is 6.75. The van der Waals surface area contributed by atoms with E-state index in [1.165, 1.54) is 0 Å². The fraction of sp³-hybridized carbons (Fsp3) is 0.333. The summed E-state index contributed by atoms with van der Waals surface area (Å²) >= 11 is 0. The van der Waals surface area contributed by atoms with Crippen LogP contribution in [0.2, 0.25) is 0 Å². The predicted molar refractivity (Wildman–Crippen MR) is 144 cm³/mol. The van der Waals surface area contributed by atoms with Crippen LogP contribution in [0.1, 0.15) is 56.2 Å². The van der Waals surface area contributed by atoms with Crippen molar-refractivity contribution in [2.24, 2.45) is 9.50 Å². The standard InChI is InChI=1S/C27H35N5O2S/c1-18(2)24-14-22(21-8-7-13-29-16-21)15-25(19(3)4)26(24)30-27(33)31-35(28,34)23-11-9-20(10-12-23)17-32(5)6/h7-16,18-19H,17H2,1-6H3,(H3,28,30,31,33,34). The number of benzene rings is 2. The van der Waals surface area contributed by atoms with Gasteiger partial charge in [0.2, 0.25) is 0 Å². The molecule has 0 aliphatic carbocycles. The monoisotopic (exact) mass is 493 g/mol. The molecule has 1 unspecified atom stereocenters. The van der Waals surface area contributed by atoms with E-state index in [-0.39, 0.29) is 11.8 Å².